The van der Waals surface area contributed by atoms with Crippen LogP contribution in [0.3, 0.4) is 0 Å². The molecule has 0 spiro atoms. The molecule has 1 N–H and O–H groups in total. The zero-order valence-corrected chi connectivity index (χ0v) is 54.1. The molecule has 0 fully saturated rings. The molecule has 0 aliphatic heterocycles. The maximum absolute atomic E-state index is 11.9. The maximum atomic E-state index is 11.9. The molecular weight excluding hydrogens is 1240 g/mol. The first-order chi connectivity index (χ1) is 37.9. The van der Waals surface area contributed by atoms with Crippen molar-refractivity contribution in [2.75, 3.05) is 0 Å². The SMILES string of the molecule is CC1(c2ccc(Cl)cc2)C=CC(C)(c2ccc(Br)cc2)C=C1.CC1(c2cccc(Br)c2)C=CC(=O)C=C1.CC[Si](CC)(CC)OC1(c2cccc(Br)c2)C=CC(O)(c2ccc(C3(C)C=CC(C)(c4ccc(Cl)cc4)C=C3)cc2)C=C1. The number of carbonyl (C=O) groups excluding carboxylic acids is 1. The summed E-state index contributed by atoms with van der Waals surface area (Å²) in [5.74, 6) is 0.0578. The van der Waals surface area contributed by atoms with Gasteiger partial charge in [0.1, 0.15) is 11.2 Å². The fraction of sp³-hybridized carbons (Fsp3) is 0.254. The van der Waals surface area contributed by atoms with Gasteiger partial charge in [0.25, 0.3) is 0 Å². The number of aliphatic hydroxyl groups is 1. The normalized spacial score (nSPS) is 26.1. The Labute approximate surface area is 512 Å². The van der Waals surface area contributed by atoms with Crippen molar-refractivity contribution in [3.63, 3.8) is 0 Å². The molecule has 0 atom stereocenters. The molecule has 0 saturated carbocycles. The molecule has 412 valence electrons. The van der Waals surface area contributed by atoms with Crippen LogP contribution in [0.2, 0.25) is 28.2 Å². The molecule has 0 radical (unpaired) electrons. The van der Waals surface area contributed by atoms with Crippen molar-refractivity contribution in [2.24, 2.45) is 0 Å². The molecule has 3 nitrogen and oxygen atoms in total. The van der Waals surface area contributed by atoms with E-state index in [0.717, 1.165) is 52.7 Å². The number of carbonyl (C=O) groups is 1. The Bertz CT molecular complexity index is 3290. The summed E-state index contributed by atoms with van der Waals surface area (Å²) in [7, 11) is -1.99. The Morgan fingerprint density at radius 3 is 1.10 bits per heavy atom. The molecular formula is C71H71Br3Cl2O3Si. The molecule has 0 bridgehead atoms. The van der Waals surface area contributed by atoms with E-state index in [1.54, 1.807) is 12.2 Å². The van der Waals surface area contributed by atoms with Gasteiger partial charge in [-0.1, -0.05) is 237 Å². The van der Waals surface area contributed by atoms with Gasteiger partial charge in [-0.2, -0.15) is 0 Å². The molecule has 9 heteroatoms. The van der Waals surface area contributed by atoms with Crippen molar-refractivity contribution >= 4 is 85.1 Å². The lowest BCUT2D eigenvalue weighted by atomic mass is 9.70. The third-order valence-corrected chi connectivity index (χ3v) is 23.5. The van der Waals surface area contributed by atoms with Gasteiger partial charge in [-0.3, -0.25) is 4.79 Å². The quantitative estimate of drug-likeness (QED) is 0.0981. The molecule has 4 aliphatic carbocycles. The van der Waals surface area contributed by atoms with Gasteiger partial charge in [0.05, 0.1) is 0 Å². The summed E-state index contributed by atoms with van der Waals surface area (Å²) in [5.41, 5.74) is 5.31. The van der Waals surface area contributed by atoms with E-state index in [2.05, 4.69) is 249 Å². The van der Waals surface area contributed by atoms with E-state index in [1.807, 2.05) is 85.0 Å². The zero-order valence-electron chi connectivity index (χ0n) is 46.9. The predicted molar refractivity (Wildman–Crippen MR) is 351 cm³/mol. The number of hydrogen-bond donors (Lipinski definition) is 1. The van der Waals surface area contributed by atoms with Crippen molar-refractivity contribution in [2.45, 2.75) is 112 Å². The monoisotopic (exact) mass is 1310 g/mol. The van der Waals surface area contributed by atoms with Crippen LogP contribution in [-0.2, 0) is 47.5 Å². The summed E-state index contributed by atoms with van der Waals surface area (Å²) >= 11 is 22.7. The second-order valence-corrected chi connectivity index (χ2v) is 30.9. The summed E-state index contributed by atoms with van der Waals surface area (Å²) in [4.78, 5) is 11.1. The maximum Gasteiger partial charge on any atom is 0.194 e. The van der Waals surface area contributed by atoms with Crippen LogP contribution >= 0.6 is 71.0 Å². The fourth-order valence-corrected chi connectivity index (χ4v) is 14.9. The van der Waals surface area contributed by atoms with Crippen LogP contribution in [0.1, 0.15) is 94.3 Å². The van der Waals surface area contributed by atoms with Crippen molar-refractivity contribution in [1.29, 1.82) is 0 Å². The van der Waals surface area contributed by atoms with Gasteiger partial charge in [0.2, 0.25) is 0 Å². The third kappa shape index (κ3) is 13.8. The minimum absolute atomic E-state index is 0.0578. The van der Waals surface area contributed by atoms with E-state index in [4.69, 9.17) is 27.6 Å². The molecule has 0 heterocycles. The molecule has 80 heavy (non-hydrogen) atoms. The van der Waals surface area contributed by atoms with Gasteiger partial charge in [0.15, 0.2) is 14.1 Å². The van der Waals surface area contributed by atoms with Crippen LogP contribution in [0.25, 0.3) is 0 Å². The number of rotatable bonds is 12. The second-order valence-electron chi connectivity index (χ2n) is 22.6. The molecule has 6 aromatic carbocycles. The minimum atomic E-state index is -1.99. The molecule has 0 unspecified atom stereocenters. The van der Waals surface area contributed by atoms with E-state index < -0.39 is 19.5 Å². The third-order valence-electron chi connectivity index (χ3n) is 16.9. The smallest absolute Gasteiger partial charge is 0.194 e. The molecule has 0 aromatic heterocycles. The average molecular weight is 1310 g/mol. The first kappa shape index (κ1) is 61.1. The number of ketones is 1. The van der Waals surface area contributed by atoms with Gasteiger partial charge in [-0.15, -0.1) is 0 Å². The van der Waals surface area contributed by atoms with Gasteiger partial charge >= 0.3 is 0 Å². The number of allylic oxidation sites excluding steroid dienone is 12. The second kappa shape index (κ2) is 24.9. The van der Waals surface area contributed by atoms with Gasteiger partial charge in [-0.05, 0) is 189 Å². The Morgan fingerprint density at radius 1 is 0.400 bits per heavy atom. The van der Waals surface area contributed by atoms with Crippen LogP contribution < -0.4 is 0 Å². The lowest BCUT2D eigenvalue weighted by Gasteiger charge is -2.42. The van der Waals surface area contributed by atoms with E-state index in [0.29, 0.717) is 0 Å². The lowest BCUT2D eigenvalue weighted by Crippen LogP contribution is -2.45. The van der Waals surface area contributed by atoms with Crippen LogP contribution in [0, 0.1) is 0 Å². The average Bonchev–Trinajstić information content (AvgIpc) is 3.50. The lowest BCUT2D eigenvalue weighted by molar-refractivity contribution is -0.110. The van der Waals surface area contributed by atoms with Gasteiger partial charge < -0.3 is 9.53 Å². The Balaban J connectivity index is 0.000000187. The van der Waals surface area contributed by atoms with Crippen molar-refractivity contribution < 1.29 is 14.3 Å². The molecule has 0 amide bonds. The van der Waals surface area contributed by atoms with Crippen molar-refractivity contribution in [3.8, 4) is 0 Å². The summed E-state index contributed by atoms with van der Waals surface area (Å²) in [6.45, 7) is 17.7. The van der Waals surface area contributed by atoms with E-state index >= 15 is 0 Å². The van der Waals surface area contributed by atoms with Crippen molar-refractivity contribution in [3.05, 3.63) is 305 Å². The Hall–Kier alpha value is -4.93. The predicted octanol–water partition coefficient (Wildman–Crippen LogP) is 20.5. The summed E-state index contributed by atoms with van der Waals surface area (Å²) in [5, 5.41) is 13.4. The zero-order chi connectivity index (χ0) is 57.6. The summed E-state index contributed by atoms with van der Waals surface area (Å²) < 4.78 is 10.3. The summed E-state index contributed by atoms with van der Waals surface area (Å²) in [6.07, 6.45) is 33.4. The van der Waals surface area contributed by atoms with Crippen LogP contribution in [0.4, 0.5) is 0 Å². The number of halogens is 5. The van der Waals surface area contributed by atoms with Crippen LogP contribution in [-0.4, -0.2) is 19.2 Å². The number of hydrogen-bond acceptors (Lipinski definition) is 3. The minimum Gasteiger partial charge on any atom is -0.401 e. The van der Waals surface area contributed by atoms with Crippen LogP contribution in [0.5, 0.6) is 0 Å². The standard InChI is InChI=1S/C38H42BrClO2Si.C20H18BrCl.C13H11BrO/c1-6-43(7-2,8-3)42-38(32-10-9-11-33(39)28-32)26-24-37(41,25-27-38)31-14-12-29(13-15-31)35(4)20-22-36(5,23-21-35)30-16-18-34(40)19-17-30;1-19(15-3-7-17(21)8-4-15)11-13-20(2,14-12-19)16-5-9-18(22)10-6-16;1-13(7-5-12(15)6-8-13)10-3-2-4-11(14)9-10/h9-28,41H,6-8H2,1-5H3;3-14H,1-2H3;2-9H,1H3. The highest BCUT2D eigenvalue weighted by molar-refractivity contribution is 9.11. The van der Waals surface area contributed by atoms with Crippen molar-refractivity contribution in [1.82, 2.24) is 0 Å². The van der Waals surface area contributed by atoms with E-state index in [9.17, 15) is 9.90 Å². The largest absolute Gasteiger partial charge is 0.401 e. The number of benzene rings is 6. The highest BCUT2D eigenvalue weighted by Gasteiger charge is 2.43. The highest BCUT2D eigenvalue weighted by atomic mass is 79.9. The highest BCUT2D eigenvalue weighted by Crippen LogP contribution is 2.45. The Kier molecular flexibility index (Phi) is 19.0. The van der Waals surface area contributed by atoms with Gasteiger partial charge in [-0.25, -0.2) is 0 Å². The molecule has 6 aromatic rings. The summed E-state index contributed by atoms with van der Waals surface area (Å²) in [6, 6.07) is 52.6. The van der Waals surface area contributed by atoms with E-state index in [1.165, 1.54) is 27.8 Å². The first-order valence-electron chi connectivity index (χ1n) is 27.4. The fourth-order valence-electron chi connectivity index (χ4n) is 10.7. The molecule has 0 saturated heterocycles. The van der Waals surface area contributed by atoms with E-state index in [-0.39, 0.29) is 32.9 Å². The molecule has 10 rings (SSSR count). The first-order valence-corrected chi connectivity index (χ1v) is 33.1. The topological polar surface area (TPSA) is 46.5 Å². The van der Waals surface area contributed by atoms with Crippen LogP contribution in [0.15, 0.2) is 256 Å². The Morgan fingerprint density at radius 2 is 0.725 bits per heavy atom. The van der Waals surface area contributed by atoms with Gasteiger partial charge in [0, 0.05) is 50.5 Å². The molecule has 4 aliphatic rings.